The van der Waals surface area contributed by atoms with Crippen molar-refractivity contribution in [2.75, 3.05) is 6.61 Å². The van der Waals surface area contributed by atoms with Crippen LogP contribution in [0.4, 0.5) is 0 Å². The molecule has 88 valence electrons. The van der Waals surface area contributed by atoms with E-state index in [2.05, 4.69) is 15.9 Å². The Hall–Kier alpha value is -0.0900. The summed E-state index contributed by atoms with van der Waals surface area (Å²) in [7, 11) is 0. The molecule has 1 atom stereocenters. The molecule has 1 aromatic rings. The van der Waals surface area contributed by atoms with E-state index in [1.54, 1.807) is 0 Å². The van der Waals surface area contributed by atoms with Crippen LogP contribution in [0.3, 0.4) is 0 Å². The van der Waals surface area contributed by atoms with Crippen LogP contribution in [0.2, 0.25) is 5.02 Å². The average Bonchev–Trinajstić information content (AvgIpc) is 2.29. The number of ether oxygens (including phenoxy) is 2. The fourth-order valence-electron chi connectivity index (χ4n) is 1.66. The molecule has 1 saturated heterocycles. The topological polar surface area (TPSA) is 18.5 Å². The number of hydrogen-bond acceptors (Lipinski definition) is 2. The summed E-state index contributed by atoms with van der Waals surface area (Å²) in [5.41, 5.74) is 1.10. The van der Waals surface area contributed by atoms with E-state index in [-0.39, 0.29) is 6.29 Å². The SMILES string of the molecule is Clc1ccc(COC2CCCCO2)c(Br)c1. The first-order valence-electron chi connectivity index (χ1n) is 5.43. The Morgan fingerprint density at radius 1 is 1.44 bits per heavy atom. The maximum Gasteiger partial charge on any atom is 0.158 e. The number of halogens is 2. The van der Waals surface area contributed by atoms with Gasteiger partial charge >= 0.3 is 0 Å². The van der Waals surface area contributed by atoms with Gasteiger partial charge in [-0.05, 0) is 37.0 Å². The fourth-order valence-corrected chi connectivity index (χ4v) is 2.46. The lowest BCUT2D eigenvalue weighted by Crippen LogP contribution is -2.22. The molecular formula is C12H14BrClO2. The highest BCUT2D eigenvalue weighted by atomic mass is 79.9. The standard InChI is InChI=1S/C12H14BrClO2/c13-11-7-10(14)5-4-9(11)8-16-12-3-1-2-6-15-12/h4-5,7,12H,1-3,6,8H2. The molecule has 4 heteroatoms. The Morgan fingerprint density at radius 2 is 2.31 bits per heavy atom. The monoisotopic (exact) mass is 304 g/mol. The third-order valence-corrected chi connectivity index (χ3v) is 3.55. The summed E-state index contributed by atoms with van der Waals surface area (Å²) in [6, 6.07) is 5.71. The lowest BCUT2D eigenvalue weighted by molar-refractivity contribution is -0.169. The van der Waals surface area contributed by atoms with Gasteiger partial charge in [0.1, 0.15) is 0 Å². The van der Waals surface area contributed by atoms with Crippen LogP contribution in [0.1, 0.15) is 24.8 Å². The second kappa shape index (κ2) is 6.01. The van der Waals surface area contributed by atoms with Gasteiger partial charge in [0, 0.05) is 16.1 Å². The molecule has 0 spiro atoms. The molecule has 2 rings (SSSR count). The Balaban J connectivity index is 1.88. The van der Waals surface area contributed by atoms with Crippen LogP contribution in [0, 0.1) is 0 Å². The van der Waals surface area contributed by atoms with Crippen molar-refractivity contribution in [2.24, 2.45) is 0 Å². The molecule has 0 amide bonds. The van der Waals surface area contributed by atoms with Crippen LogP contribution in [-0.4, -0.2) is 12.9 Å². The second-order valence-corrected chi connectivity index (χ2v) is 5.13. The van der Waals surface area contributed by atoms with E-state index in [0.29, 0.717) is 6.61 Å². The molecule has 0 aliphatic carbocycles. The molecule has 2 nitrogen and oxygen atoms in total. The van der Waals surface area contributed by atoms with Crippen LogP contribution in [0.25, 0.3) is 0 Å². The minimum absolute atomic E-state index is 0.0451. The Bertz CT molecular complexity index is 351. The molecule has 1 aromatic carbocycles. The maximum absolute atomic E-state index is 5.87. The van der Waals surface area contributed by atoms with Gasteiger partial charge in [-0.15, -0.1) is 0 Å². The van der Waals surface area contributed by atoms with Gasteiger partial charge in [-0.1, -0.05) is 33.6 Å². The molecule has 0 bridgehead atoms. The lowest BCUT2D eigenvalue weighted by Gasteiger charge is -2.22. The largest absolute Gasteiger partial charge is 0.353 e. The van der Waals surface area contributed by atoms with Crippen molar-refractivity contribution < 1.29 is 9.47 Å². The average molecular weight is 306 g/mol. The van der Waals surface area contributed by atoms with Gasteiger partial charge in [0.15, 0.2) is 6.29 Å². The molecule has 0 saturated carbocycles. The van der Waals surface area contributed by atoms with E-state index in [9.17, 15) is 0 Å². The predicted molar refractivity (Wildman–Crippen MR) is 67.5 cm³/mol. The Kier molecular flexibility index (Phi) is 4.65. The minimum atomic E-state index is -0.0451. The summed E-state index contributed by atoms with van der Waals surface area (Å²) < 4.78 is 12.2. The van der Waals surface area contributed by atoms with Gasteiger partial charge in [0.25, 0.3) is 0 Å². The lowest BCUT2D eigenvalue weighted by atomic mass is 10.2. The zero-order valence-electron chi connectivity index (χ0n) is 8.92. The molecule has 1 aliphatic rings. The van der Waals surface area contributed by atoms with E-state index < -0.39 is 0 Å². The van der Waals surface area contributed by atoms with Gasteiger partial charge in [-0.25, -0.2) is 0 Å². The number of rotatable bonds is 3. The summed E-state index contributed by atoms with van der Waals surface area (Å²) >= 11 is 9.34. The molecule has 1 fully saturated rings. The molecule has 0 radical (unpaired) electrons. The van der Waals surface area contributed by atoms with E-state index in [4.69, 9.17) is 21.1 Å². The van der Waals surface area contributed by atoms with Crippen molar-refractivity contribution in [2.45, 2.75) is 32.2 Å². The molecule has 1 heterocycles. The van der Waals surface area contributed by atoms with E-state index in [1.165, 1.54) is 6.42 Å². The van der Waals surface area contributed by atoms with Crippen molar-refractivity contribution in [1.82, 2.24) is 0 Å². The Labute approximate surface area is 109 Å². The van der Waals surface area contributed by atoms with Crippen molar-refractivity contribution in [3.05, 3.63) is 33.3 Å². The van der Waals surface area contributed by atoms with Gasteiger partial charge in [0.05, 0.1) is 6.61 Å². The summed E-state index contributed by atoms with van der Waals surface area (Å²) in [5.74, 6) is 0. The zero-order valence-corrected chi connectivity index (χ0v) is 11.3. The highest BCUT2D eigenvalue weighted by molar-refractivity contribution is 9.10. The first-order valence-corrected chi connectivity index (χ1v) is 6.60. The molecule has 1 aliphatic heterocycles. The Morgan fingerprint density at radius 3 is 3.00 bits per heavy atom. The summed E-state index contributed by atoms with van der Waals surface area (Å²) in [6.07, 6.45) is 3.28. The van der Waals surface area contributed by atoms with Gasteiger partial charge in [0.2, 0.25) is 0 Å². The van der Waals surface area contributed by atoms with Crippen molar-refractivity contribution >= 4 is 27.5 Å². The zero-order chi connectivity index (χ0) is 11.4. The van der Waals surface area contributed by atoms with Crippen LogP contribution < -0.4 is 0 Å². The maximum atomic E-state index is 5.87. The van der Waals surface area contributed by atoms with E-state index >= 15 is 0 Å². The van der Waals surface area contributed by atoms with Crippen LogP contribution in [0.5, 0.6) is 0 Å². The van der Waals surface area contributed by atoms with Crippen molar-refractivity contribution in [1.29, 1.82) is 0 Å². The van der Waals surface area contributed by atoms with Crippen LogP contribution >= 0.6 is 27.5 Å². The predicted octanol–water partition coefficient (Wildman–Crippen LogP) is 4.15. The minimum Gasteiger partial charge on any atom is -0.353 e. The highest BCUT2D eigenvalue weighted by Gasteiger charge is 2.14. The third-order valence-electron chi connectivity index (χ3n) is 2.58. The van der Waals surface area contributed by atoms with Crippen LogP contribution in [-0.2, 0) is 16.1 Å². The van der Waals surface area contributed by atoms with Gasteiger partial charge < -0.3 is 9.47 Å². The van der Waals surface area contributed by atoms with Gasteiger partial charge in [-0.2, -0.15) is 0 Å². The normalized spacial score (nSPS) is 21.0. The highest BCUT2D eigenvalue weighted by Crippen LogP contribution is 2.23. The van der Waals surface area contributed by atoms with Crippen molar-refractivity contribution in [3.63, 3.8) is 0 Å². The van der Waals surface area contributed by atoms with Crippen LogP contribution in [0.15, 0.2) is 22.7 Å². The molecule has 16 heavy (non-hydrogen) atoms. The summed E-state index contributed by atoms with van der Waals surface area (Å²) in [4.78, 5) is 0. The third kappa shape index (κ3) is 3.45. The van der Waals surface area contributed by atoms with Gasteiger partial charge in [-0.3, -0.25) is 0 Å². The number of hydrogen-bond donors (Lipinski definition) is 0. The first kappa shape index (κ1) is 12.4. The smallest absolute Gasteiger partial charge is 0.158 e. The summed E-state index contributed by atoms with van der Waals surface area (Å²) in [6.45, 7) is 1.37. The molecular weight excluding hydrogens is 291 g/mol. The molecule has 0 aromatic heterocycles. The van der Waals surface area contributed by atoms with Crippen molar-refractivity contribution in [3.8, 4) is 0 Å². The quantitative estimate of drug-likeness (QED) is 0.835. The fraction of sp³-hybridized carbons (Fsp3) is 0.500. The van der Waals surface area contributed by atoms with E-state index in [1.807, 2.05) is 18.2 Å². The first-order chi connectivity index (χ1) is 7.75. The molecule has 1 unspecified atom stereocenters. The number of benzene rings is 1. The second-order valence-electron chi connectivity index (χ2n) is 3.84. The summed E-state index contributed by atoms with van der Waals surface area (Å²) in [5, 5.41) is 0.726. The van der Waals surface area contributed by atoms with E-state index in [0.717, 1.165) is 34.5 Å². The molecule has 0 N–H and O–H groups in total.